The molecule has 0 amide bonds. The van der Waals surface area contributed by atoms with Crippen LogP contribution < -0.4 is 0 Å². The van der Waals surface area contributed by atoms with Gasteiger partial charge in [0, 0.05) is 28.3 Å². The first-order chi connectivity index (χ1) is 12.5. The number of hydrogen-bond donors (Lipinski definition) is 0. The smallest absolute Gasteiger partial charge is 0.0802 e. The third kappa shape index (κ3) is 1.99. The molecule has 0 unspecified atom stereocenters. The fourth-order valence-electron chi connectivity index (χ4n) is 4.29. The van der Waals surface area contributed by atoms with E-state index in [0.29, 0.717) is 5.92 Å². The van der Waals surface area contributed by atoms with Crippen LogP contribution in [-0.4, -0.2) is 9.97 Å². The Labute approximate surface area is 153 Å². The monoisotopic (exact) mass is 338 g/mol. The zero-order chi connectivity index (χ0) is 18.1. The standard InChI is InChI=1S/C24H22N2/c1-14(2)21-13-19-22-20(26-21)9-10-25-23(22)17-11-15-7-5-6-8-16(15)12-18(17)24(19,3)4/h5-14H,1-4H3. The van der Waals surface area contributed by atoms with E-state index in [1.165, 1.54) is 32.8 Å². The molecule has 0 saturated carbocycles. The van der Waals surface area contributed by atoms with E-state index in [1.54, 1.807) is 0 Å². The number of hydrogen-bond acceptors (Lipinski definition) is 2. The first-order valence-electron chi connectivity index (χ1n) is 9.30. The topological polar surface area (TPSA) is 25.8 Å². The Hall–Kier alpha value is -2.74. The Morgan fingerprint density at radius 2 is 1.62 bits per heavy atom. The van der Waals surface area contributed by atoms with E-state index in [1.807, 2.05) is 6.20 Å². The summed E-state index contributed by atoms with van der Waals surface area (Å²) in [7, 11) is 0. The molecule has 2 nitrogen and oxygen atoms in total. The van der Waals surface area contributed by atoms with Crippen LogP contribution in [0.25, 0.3) is 32.9 Å². The van der Waals surface area contributed by atoms with Crippen molar-refractivity contribution in [2.75, 3.05) is 0 Å². The van der Waals surface area contributed by atoms with Gasteiger partial charge >= 0.3 is 0 Å². The number of fused-ring (bicyclic) bond motifs is 3. The fourth-order valence-corrected chi connectivity index (χ4v) is 4.29. The Morgan fingerprint density at radius 1 is 0.885 bits per heavy atom. The quantitative estimate of drug-likeness (QED) is 0.412. The van der Waals surface area contributed by atoms with Gasteiger partial charge in [-0.05, 0) is 52.1 Å². The second-order valence-corrected chi connectivity index (χ2v) is 8.17. The molecule has 128 valence electrons. The molecule has 0 spiro atoms. The molecule has 2 aromatic heterocycles. The summed E-state index contributed by atoms with van der Waals surface area (Å²) >= 11 is 0. The van der Waals surface area contributed by atoms with E-state index in [9.17, 15) is 0 Å². The molecule has 0 atom stereocenters. The lowest BCUT2D eigenvalue weighted by molar-refractivity contribution is 0.641. The molecule has 2 heterocycles. The zero-order valence-corrected chi connectivity index (χ0v) is 15.7. The highest BCUT2D eigenvalue weighted by molar-refractivity contribution is 6.02. The maximum absolute atomic E-state index is 4.94. The fraction of sp³-hybridized carbons (Fsp3) is 0.250. The number of nitrogens with zero attached hydrogens (tertiary/aromatic N) is 2. The Morgan fingerprint density at radius 3 is 2.35 bits per heavy atom. The van der Waals surface area contributed by atoms with Crippen molar-refractivity contribution in [3.8, 4) is 11.3 Å². The van der Waals surface area contributed by atoms with Gasteiger partial charge in [0.2, 0.25) is 0 Å². The van der Waals surface area contributed by atoms with Crippen molar-refractivity contribution < 1.29 is 0 Å². The molecule has 0 aliphatic heterocycles. The molecule has 0 fully saturated rings. The van der Waals surface area contributed by atoms with Crippen molar-refractivity contribution in [3.63, 3.8) is 0 Å². The largest absolute Gasteiger partial charge is 0.255 e. The zero-order valence-electron chi connectivity index (χ0n) is 15.7. The second-order valence-electron chi connectivity index (χ2n) is 8.17. The van der Waals surface area contributed by atoms with Gasteiger partial charge in [0.15, 0.2) is 0 Å². The molecule has 2 aromatic carbocycles. The van der Waals surface area contributed by atoms with Gasteiger partial charge in [-0.25, -0.2) is 0 Å². The maximum atomic E-state index is 4.94. The number of pyridine rings is 2. The summed E-state index contributed by atoms with van der Waals surface area (Å²) < 4.78 is 0. The molecule has 2 heteroatoms. The van der Waals surface area contributed by atoms with E-state index < -0.39 is 0 Å². The highest BCUT2D eigenvalue weighted by Crippen LogP contribution is 2.48. The third-order valence-corrected chi connectivity index (χ3v) is 5.82. The van der Waals surface area contributed by atoms with Crippen LogP contribution >= 0.6 is 0 Å². The summed E-state index contributed by atoms with van der Waals surface area (Å²) in [5.41, 5.74) is 7.14. The van der Waals surface area contributed by atoms with Gasteiger partial charge in [-0.3, -0.25) is 9.97 Å². The average Bonchev–Trinajstić information content (AvgIpc) is 2.64. The first-order valence-corrected chi connectivity index (χ1v) is 9.30. The number of benzene rings is 2. The van der Waals surface area contributed by atoms with Gasteiger partial charge < -0.3 is 0 Å². The summed E-state index contributed by atoms with van der Waals surface area (Å²) in [5, 5.41) is 3.76. The number of aromatic nitrogens is 2. The third-order valence-electron chi connectivity index (χ3n) is 5.82. The average molecular weight is 338 g/mol. The molecule has 0 saturated heterocycles. The van der Waals surface area contributed by atoms with Crippen LogP contribution in [0.5, 0.6) is 0 Å². The van der Waals surface area contributed by atoms with Gasteiger partial charge in [-0.15, -0.1) is 0 Å². The van der Waals surface area contributed by atoms with Crippen molar-refractivity contribution in [2.24, 2.45) is 0 Å². The second kappa shape index (κ2) is 5.14. The first kappa shape index (κ1) is 15.5. The van der Waals surface area contributed by atoms with Crippen LogP contribution in [0.1, 0.15) is 50.4 Å². The van der Waals surface area contributed by atoms with Crippen LogP contribution in [0.3, 0.4) is 0 Å². The van der Waals surface area contributed by atoms with Crippen LogP contribution in [0, 0.1) is 0 Å². The highest BCUT2D eigenvalue weighted by atomic mass is 14.8. The molecular formula is C24H22N2. The molecule has 0 bridgehead atoms. The lowest BCUT2D eigenvalue weighted by Crippen LogP contribution is -2.25. The predicted molar refractivity (Wildman–Crippen MR) is 109 cm³/mol. The molecule has 0 radical (unpaired) electrons. The van der Waals surface area contributed by atoms with Crippen LogP contribution in [0.2, 0.25) is 0 Å². The van der Waals surface area contributed by atoms with E-state index in [4.69, 9.17) is 9.97 Å². The molecule has 1 aliphatic carbocycles. The Bertz CT molecular complexity index is 1190. The minimum atomic E-state index is -0.0831. The predicted octanol–water partition coefficient (Wildman–Crippen LogP) is 6.21. The van der Waals surface area contributed by atoms with Crippen molar-refractivity contribution in [2.45, 2.75) is 39.0 Å². The Balaban J connectivity index is 1.97. The minimum Gasteiger partial charge on any atom is -0.255 e. The SMILES string of the molecule is CC(C)c1cc2c3c(nccc3n1)-c1cc3ccccc3cc1C2(C)C. The van der Waals surface area contributed by atoms with E-state index in [2.05, 4.69) is 76.2 Å². The van der Waals surface area contributed by atoms with Crippen molar-refractivity contribution in [1.82, 2.24) is 9.97 Å². The molecule has 4 aromatic rings. The number of rotatable bonds is 1. The lowest BCUT2D eigenvalue weighted by atomic mass is 9.69. The van der Waals surface area contributed by atoms with Gasteiger partial charge in [-0.2, -0.15) is 0 Å². The van der Waals surface area contributed by atoms with Crippen LogP contribution in [-0.2, 0) is 5.41 Å². The van der Waals surface area contributed by atoms with E-state index in [-0.39, 0.29) is 5.41 Å². The van der Waals surface area contributed by atoms with E-state index in [0.717, 1.165) is 16.9 Å². The minimum absolute atomic E-state index is 0.0831. The van der Waals surface area contributed by atoms with Gasteiger partial charge in [0.1, 0.15) is 0 Å². The summed E-state index contributed by atoms with van der Waals surface area (Å²) in [6.45, 7) is 9.07. The van der Waals surface area contributed by atoms with Crippen molar-refractivity contribution in [1.29, 1.82) is 0 Å². The summed E-state index contributed by atoms with van der Waals surface area (Å²) in [6, 6.07) is 17.6. The maximum Gasteiger partial charge on any atom is 0.0802 e. The molecule has 26 heavy (non-hydrogen) atoms. The summed E-state index contributed by atoms with van der Waals surface area (Å²) in [4.78, 5) is 9.72. The van der Waals surface area contributed by atoms with Gasteiger partial charge in [0.05, 0.1) is 11.2 Å². The summed E-state index contributed by atoms with van der Waals surface area (Å²) in [6.07, 6.45) is 1.90. The van der Waals surface area contributed by atoms with Gasteiger partial charge in [-0.1, -0.05) is 52.0 Å². The van der Waals surface area contributed by atoms with Crippen molar-refractivity contribution >= 4 is 21.7 Å². The molecule has 1 aliphatic rings. The lowest BCUT2D eigenvalue weighted by Gasteiger charge is -2.35. The van der Waals surface area contributed by atoms with E-state index >= 15 is 0 Å². The highest BCUT2D eigenvalue weighted by Gasteiger charge is 2.35. The normalized spacial score (nSPS) is 14.8. The van der Waals surface area contributed by atoms with Crippen LogP contribution in [0.4, 0.5) is 0 Å². The van der Waals surface area contributed by atoms with Crippen molar-refractivity contribution in [3.05, 3.63) is 71.5 Å². The molecular weight excluding hydrogens is 316 g/mol. The molecule has 0 N–H and O–H groups in total. The Kier molecular flexibility index (Phi) is 3.06. The van der Waals surface area contributed by atoms with Gasteiger partial charge in [0.25, 0.3) is 0 Å². The summed E-state index contributed by atoms with van der Waals surface area (Å²) in [5.74, 6) is 0.404. The molecule has 5 rings (SSSR count). The van der Waals surface area contributed by atoms with Crippen LogP contribution in [0.15, 0.2) is 54.7 Å².